The molecule has 1 saturated heterocycles. The number of rotatable bonds is 4. The van der Waals surface area contributed by atoms with E-state index in [-0.39, 0.29) is 5.92 Å². The van der Waals surface area contributed by atoms with Crippen molar-refractivity contribution in [3.05, 3.63) is 41.2 Å². The summed E-state index contributed by atoms with van der Waals surface area (Å²) in [4.78, 5) is 11.2. The first-order valence-electron chi connectivity index (χ1n) is 11.2. The van der Waals surface area contributed by atoms with Gasteiger partial charge >= 0.3 is 6.01 Å². The number of aromatic nitrogens is 4. The summed E-state index contributed by atoms with van der Waals surface area (Å²) >= 11 is 0. The molecular formula is C24H30FN5O. The first kappa shape index (κ1) is 20.4. The van der Waals surface area contributed by atoms with E-state index in [0.29, 0.717) is 24.3 Å². The Morgan fingerprint density at radius 1 is 1.16 bits per heavy atom. The lowest BCUT2D eigenvalue weighted by molar-refractivity contribution is 0.139. The number of alkyl halides is 1. The second-order valence-corrected chi connectivity index (χ2v) is 9.41. The quantitative estimate of drug-likeness (QED) is 0.622. The summed E-state index contributed by atoms with van der Waals surface area (Å²) in [5.41, 5.74) is 4.15. The van der Waals surface area contributed by atoms with Crippen molar-refractivity contribution in [3.8, 4) is 11.8 Å². The van der Waals surface area contributed by atoms with Crippen molar-refractivity contribution in [2.75, 3.05) is 27.2 Å². The molecule has 0 N–H and O–H groups in total. The van der Waals surface area contributed by atoms with Crippen LogP contribution < -0.4 is 4.74 Å². The van der Waals surface area contributed by atoms with Gasteiger partial charge in [0.1, 0.15) is 6.17 Å². The SMILES string of the molecule is COc1nc(C2CC(C)C2)cc(-n2ncc3cc(C)c(C4CCN(C)CC4F)cc32)n1. The van der Waals surface area contributed by atoms with Crippen molar-refractivity contribution in [2.24, 2.45) is 5.92 Å². The van der Waals surface area contributed by atoms with E-state index in [4.69, 9.17) is 4.74 Å². The fraction of sp³-hybridized carbons (Fsp3) is 0.542. The van der Waals surface area contributed by atoms with Crippen LogP contribution in [-0.4, -0.2) is 58.1 Å². The van der Waals surface area contributed by atoms with Crippen LogP contribution in [0.15, 0.2) is 24.4 Å². The largest absolute Gasteiger partial charge is 0.467 e. The molecule has 0 amide bonds. The van der Waals surface area contributed by atoms with Crippen molar-refractivity contribution < 1.29 is 9.13 Å². The Bertz CT molecular complexity index is 1110. The zero-order valence-corrected chi connectivity index (χ0v) is 18.7. The number of methoxy groups -OCH3 is 1. The third-order valence-electron chi connectivity index (χ3n) is 7.00. The van der Waals surface area contributed by atoms with Gasteiger partial charge in [0.2, 0.25) is 0 Å². The van der Waals surface area contributed by atoms with Gasteiger partial charge < -0.3 is 9.64 Å². The van der Waals surface area contributed by atoms with Gasteiger partial charge in [-0.3, -0.25) is 0 Å². The number of fused-ring (bicyclic) bond motifs is 1. The molecule has 1 aliphatic carbocycles. The van der Waals surface area contributed by atoms with E-state index in [0.717, 1.165) is 59.4 Å². The van der Waals surface area contributed by atoms with Crippen LogP contribution in [0.2, 0.25) is 0 Å². The highest BCUT2D eigenvalue weighted by Gasteiger charge is 2.31. The number of hydrogen-bond acceptors (Lipinski definition) is 5. The predicted octanol–water partition coefficient (Wildman–Crippen LogP) is 4.40. The number of likely N-dealkylation sites (tertiary alicyclic amines) is 1. The highest BCUT2D eigenvalue weighted by Crippen LogP contribution is 2.41. The Balaban J connectivity index is 1.57. The average molecular weight is 424 g/mol. The molecule has 7 heteroatoms. The minimum absolute atomic E-state index is 0.0871. The summed E-state index contributed by atoms with van der Waals surface area (Å²) in [7, 11) is 3.58. The van der Waals surface area contributed by atoms with Gasteiger partial charge in [0.05, 0.1) is 24.5 Å². The number of nitrogens with zero attached hydrogens (tertiary/aromatic N) is 5. The van der Waals surface area contributed by atoms with Crippen molar-refractivity contribution in [3.63, 3.8) is 0 Å². The van der Waals surface area contributed by atoms with E-state index >= 15 is 0 Å². The Labute approximate surface area is 182 Å². The third kappa shape index (κ3) is 3.69. The van der Waals surface area contributed by atoms with E-state index in [2.05, 4.69) is 45.9 Å². The number of halogens is 1. The number of hydrogen-bond donors (Lipinski definition) is 0. The first-order chi connectivity index (χ1) is 14.9. The molecule has 1 aliphatic heterocycles. The molecule has 1 saturated carbocycles. The van der Waals surface area contributed by atoms with Crippen molar-refractivity contribution in [2.45, 2.75) is 51.1 Å². The number of aryl methyl sites for hydroxylation is 1. The van der Waals surface area contributed by atoms with Gasteiger partial charge in [0, 0.05) is 29.8 Å². The summed E-state index contributed by atoms with van der Waals surface area (Å²) in [6.45, 7) is 5.73. The van der Waals surface area contributed by atoms with Crippen LogP contribution in [0, 0.1) is 12.8 Å². The van der Waals surface area contributed by atoms with Crippen LogP contribution in [0.1, 0.15) is 54.8 Å². The second kappa shape index (κ2) is 7.86. The third-order valence-corrected chi connectivity index (χ3v) is 7.00. The zero-order chi connectivity index (χ0) is 21.7. The molecule has 5 rings (SSSR count). The molecule has 1 aromatic carbocycles. The molecule has 2 aromatic heterocycles. The fourth-order valence-corrected chi connectivity index (χ4v) is 5.18. The lowest BCUT2D eigenvalue weighted by Gasteiger charge is -2.33. The van der Waals surface area contributed by atoms with Gasteiger partial charge in [-0.2, -0.15) is 15.1 Å². The van der Waals surface area contributed by atoms with Gasteiger partial charge in [0.15, 0.2) is 5.82 Å². The Morgan fingerprint density at radius 3 is 2.68 bits per heavy atom. The van der Waals surface area contributed by atoms with Crippen molar-refractivity contribution in [1.29, 1.82) is 0 Å². The normalized spacial score (nSPS) is 26.7. The summed E-state index contributed by atoms with van der Waals surface area (Å²) < 4.78 is 22.2. The van der Waals surface area contributed by atoms with Gasteiger partial charge in [-0.1, -0.05) is 6.92 Å². The summed E-state index contributed by atoms with van der Waals surface area (Å²) in [5.74, 6) is 1.78. The summed E-state index contributed by atoms with van der Waals surface area (Å²) in [6, 6.07) is 6.62. The predicted molar refractivity (Wildman–Crippen MR) is 119 cm³/mol. The molecule has 2 atom stereocenters. The topological polar surface area (TPSA) is 56.1 Å². The molecule has 2 fully saturated rings. The molecule has 6 nitrogen and oxygen atoms in total. The van der Waals surface area contributed by atoms with Crippen LogP contribution in [-0.2, 0) is 0 Å². The molecule has 0 bridgehead atoms. The van der Waals surface area contributed by atoms with E-state index in [1.807, 2.05) is 24.0 Å². The van der Waals surface area contributed by atoms with Crippen LogP contribution in [0.3, 0.4) is 0 Å². The van der Waals surface area contributed by atoms with E-state index in [1.54, 1.807) is 7.11 Å². The number of piperidine rings is 1. The molecule has 0 spiro atoms. The fourth-order valence-electron chi connectivity index (χ4n) is 5.18. The highest BCUT2D eigenvalue weighted by atomic mass is 19.1. The van der Waals surface area contributed by atoms with Gasteiger partial charge in [-0.05, 0) is 69.0 Å². The molecule has 31 heavy (non-hydrogen) atoms. The molecule has 3 aromatic rings. The number of benzene rings is 1. The molecular weight excluding hydrogens is 393 g/mol. The molecule has 0 radical (unpaired) electrons. The molecule has 164 valence electrons. The minimum Gasteiger partial charge on any atom is -0.467 e. The van der Waals surface area contributed by atoms with Crippen LogP contribution in [0.5, 0.6) is 6.01 Å². The molecule has 3 heterocycles. The lowest BCUT2D eigenvalue weighted by atomic mass is 9.74. The summed E-state index contributed by atoms with van der Waals surface area (Å²) in [6.07, 6.45) is 4.09. The maximum absolute atomic E-state index is 14.9. The maximum atomic E-state index is 14.9. The van der Waals surface area contributed by atoms with Crippen LogP contribution in [0.25, 0.3) is 16.7 Å². The second-order valence-electron chi connectivity index (χ2n) is 9.41. The summed E-state index contributed by atoms with van der Waals surface area (Å²) in [5, 5.41) is 5.66. The first-order valence-corrected chi connectivity index (χ1v) is 11.2. The standard InChI is InChI=1S/C24H30FN5O/c1-14-7-16(8-14)21-11-23(28-24(27-21)31-4)30-22-10-19(15(2)9-17(22)12-26-30)18-5-6-29(3)13-20(18)25/h9-12,14,16,18,20H,5-8,13H2,1-4H3. The van der Waals surface area contributed by atoms with Crippen LogP contribution >= 0.6 is 0 Å². The Hall–Kier alpha value is -2.54. The molecule has 2 aliphatic rings. The van der Waals surface area contributed by atoms with E-state index in [1.165, 1.54) is 0 Å². The van der Waals surface area contributed by atoms with Crippen LogP contribution in [0.4, 0.5) is 4.39 Å². The Kier molecular flexibility index (Phi) is 5.16. The van der Waals surface area contributed by atoms with Gasteiger partial charge in [-0.25, -0.2) is 9.07 Å². The lowest BCUT2D eigenvalue weighted by Crippen LogP contribution is -2.38. The maximum Gasteiger partial charge on any atom is 0.318 e. The monoisotopic (exact) mass is 423 g/mol. The zero-order valence-electron chi connectivity index (χ0n) is 18.7. The Morgan fingerprint density at radius 2 is 1.97 bits per heavy atom. The molecule has 2 unspecified atom stereocenters. The minimum atomic E-state index is -0.863. The number of ether oxygens (including phenoxy) is 1. The average Bonchev–Trinajstić information content (AvgIpc) is 3.13. The van der Waals surface area contributed by atoms with E-state index < -0.39 is 6.17 Å². The van der Waals surface area contributed by atoms with E-state index in [9.17, 15) is 4.39 Å². The van der Waals surface area contributed by atoms with Crippen molar-refractivity contribution in [1.82, 2.24) is 24.6 Å². The van der Waals surface area contributed by atoms with Crippen molar-refractivity contribution >= 4 is 10.9 Å². The van der Waals surface area contributed by atoms with Gasteiger partial charge in [0.25, 0.3) is 0 Å². The smallest absolute Gasteiger partial charge is 0.318 e. The van der Waals surface area contributed by atoms with Gasteiger partial charge in [-0.15, -0.1) is 0 Å². The highest BCUT2D eigenvalue weighted by molar-refractivity contribution is 5.82.